The van der Waals surface area contributed by atoms with E-state index in [1.165, 1.54) is 6.26 Å². The quantitative estimate of drug-likeness (QED) is 0.337. The van der Waals surface area contributed by atoms with E-state index < -0.39 is 0 Å². The molecule has 26 heavy (non-hydrogen) atoms. The van der Waals surface area contributed by atoms with E-state index in [4.69, 9.17) is 28.8 Å². The van der Waals surface area contributed by atoms with Gasteiger partial charge in [-0.1, -0.05) is 24.8 Å². The second kappa shape index (κ2) is 15.6. The lowest BCUT2D eigenvalue weighted by Gasteiger charge is -2.21. The van der Waals surface area contributed by atoms with Crippen LogP contribution in [0.25, 0.3) is 0 Å². The van der Waals surface area contributed by atoms with Crippen LogP contribution < -0.4 is 4.74 Å². The zero-order valence-corrected chi connectivity index (χ0v) is 15.7. The molecular weight excluding hydrogens is 336 g/mol. The van der Waals surface area contributed by atoms with Crippen LogP contribution in [0.2, 0.25) is 0 Å². The third-order valence-electron chi connectivity index (χ3n) is 3.46. The zero-order valence-electron chi connectivity index (χ0n) is 15.7. The fourth-order valence-electron chi connectivity index (χ4n) is 2.11. The van der Waals surface area contributed by atoms with E-state index in [2.05, 4.69) is 6.58 Å². The van der Waals surface area contributed by atoms with Gasteiger partial charge >= 0.3 is 0 Å². The van der Waals surface area contributed by atoms with Crippen molar-refractivity contribution in [1.82, 2.24) is 0 Å². The molecule has 2 unspecified atom stereocenters. The Bertz CT molecular complexity index is 439. The average molecular weight is 368 g/mol. The van der Waals surface area contributed by atoms with Crippen LogP contribution in [0.1, 0.15) is 19.8 Å². The highest BCUT2D eigenvalue weighted by atomic mass is 16.6. The minimum atomic E-state index is -0.249. The molecule has 2 atom stereocenters. The largest absolute Gasteiger partial charge is 0.502 e. The van der Waals surface area contributed by atoms with E-state index in [1.54, 1.807) is 0 Å². The summed E-state index contributed by atoms with van der Waals surface area (Å²) in [5.74, 6) is 0.780. The molecule has 0 saturated carbocycles. The van der Waals surface area contributed by atoms with Gasteiger partial charge in [0.15, 0.2) is 0 Å². The van der Waals surface area contributed by atoms with Crippen LogP contribution in [-0.2, 0) is 18.9 Å². The lowest BCUT2D eigenvalue weighted by Crippen LogP contribution is -2.31. The summed E-state index contributed by atoms with van der Waals surface area (Å²) in [6.45, 7) is 8.29. The molecular formula is C20H32O6. The van der Waals surface area contributed by atoms with Gasteiger partial charge in [-0.05, 0) is 31.9 Å². The van der Waals surface area contributed by atoms with Crippen molar-refractivity contribution < 1.29 is 28.8 Å². The predicted octanol–water partition coefficient (Wildman–Crippen LogP) is 2.80. The van der Waals surface area contributed by atoms with E-state index in [0.717, 1.165) is 18.6 Å². The van der Waals surface area contributed by atoms with Gasteiger partial charge in [-0.25, -0.2) is 0 Å². The lowest BCUT2D eigenvalue weighted by molar-refractivity contribution is -0.0791. The molecule has 1 aromatic rings. The van der Waals surface area contributed by atoms with Gasteiger partial charge in [-0.3, -0.25) is 0 Å². The summed E-state index contributed by atoms with van der Waals surface area (Å²) in [6, 6.07) is 9.54. The predicted molar refractivity (Wildman–Crippen MR) is 100 cm³/mol. The monoisotopic (exact) mass is 368 g/mol. The number of aliphatic hydroxyl groups excluding tert-OH is 1. The maximum Gasteiger partial charge on any atom is 0.119 e. The SMILES string of the molecule is C=COCCCCOCC(C)OCC(COc1ccccc1)OCCO. The number of para-hydroxylation sites is 1. The van der Waals surface area contributed by atoms with Crippen LogP contribution in [-0.4, -0.2) is 63.6 Å². The molecule has 0 amide bonds. The number of rotatable bonds is 17. The molecule has 6 heteroatoms. The number of hydrogen-bond donors (Lipinski definition) is 1. The molecule has 0 heterocycles. The fourth-order valence-corrected chi connectivity index (χ4v) is 2.11. The van der Waals surface area contributed by atoms with Gasteiger partial charge < -0.3 is 28.8 Å². The molecule has 0 saturated heterocycles. The van der Waals surface area contributed by atoms with Gasteiger partial charge in [0, 0.05) is 6.61 Å². The number of unbranched alkanes of at least 4 members (excludes halogenated alkanes) is 1. The first-order chi connectivity index (χ1) is 12.8. The Labute approximate surface area is 156 Å². The summed E-state index contributed by atoms with van der Waals surface area (Å²) in [6.07, 6.45) is 3.04. The molecule has 0 aliphatic heterocycles. The highest BCUT2D eigenvalue weighted by Crippen LogP contribution is 2.10. The fraction of sp³-hybridized carbons (Fsp3) is 0.600. The number of benzene rings is 1. The summed E-state index contributed by atoms with van der Waals surface area (Å²) in [4.78, 5) is 0. The number of aliphatic hydroxyl groups is 1. The van der Waals surface area contributed by atoms with Crippen molar-refractivity contribution in [3.8, 4) is 5.75 Å². The second-order valence-electron chi connectivity index (χ2n) is 5.80. The van der Waals surface area contributed by atoms with Crippen molar-refractivity contribution in [3.63, 3.8) is 0 Å². The van der Waals surface area contributed by atoms with Gasteiger partial charge in [0.1, 0.15) is 18.5 Å². The minimum absolute atomic E-state index is 0.0317. The summed E-state index contributed by atoms with van der Waals surface area (Å²) in [5, 5.41) is 8.96. The first kappa shape index (κ1) is 22.4. The van der Waals surface area contributed by atoms with E-state index in [-0.39, 0.29) is 25.4 Å². The second-order valence-corrected chi connectivity index (χ2v) is 5.80. The smallest absolute Gasteiger partial charge is 0.119 e. The van der Waals surface area contributed by atoms with Crippen molar-refractivity contribution in [1.29, 1.82) is 0 Å². The topological polar surface area (TPSA) is 66.4 Å². The molecule has 1 N–H and O–H groups in total. The zero-order chi connectivity index (χ0) is 18.9. The molecule has 0 aliphatic carbocycles. The molecule has 1 rings (SSSR count). The Balaban J connectivity index is 2.17. The van der Waals surface area contributed by atoms with E-state index in [0.29, 0.717) is 33.0 Å². The molecule has 0 bridgehead atoms. The van der Waals surface area contributed by atoms with Crippen LogP contribution in [0, 0.1) is 0 Å². The van der Waals surface area contributed by atoms with Crippen LogP contribution in [0.5, 0.6) is 5.75 Å². The Morgan fingerprint density at radius 3 is 2.50 bits per heavy atom. The standard InChI is InChI=1S/C20H32O6/c1-3-22-12-7-8-13-23-15-18(2)25-16-20(24-14-11-21)17-26-19-9-5-4-6-10-19/h3-6,9-10,18,20-21H,1,7-8,11-17H2,2H3. The Morgan fingerprint density at radius 2 is 1.77 bits per heavy atom. The molecule has 0 fully saturated rings. The first-order valence-corrected chi connectivity index (χ1v) is 9.08. The Hall–Kier alpha value is -1.60. The minimum Gasteiger partial charge on any atom is -0.502 e. The molecule has 0 radical (unpaired) electrons. The first-order valence-electron chi connectivity index (χ1n) is 9.08. The average Bonchev–Trinajstić information content (AvgIpc) is 2.67. The summed E-state index contributed by atoms with van der Waals surface area (Å²) in [7, 11) is 0. The Kier molecular flexibility index (Phi) is 13.5. The van der Waals surface area contributed by atoms with E-state index in [1.807, 2.05) is 37.3 Å². The Morgan fingerprint density at radius 1 is 1.00 bits per heavy atom. The van der Waals surface area contributed by atoms with Crippen molar-refractivity contribution in [2.75, 3.05) is 46.2 Å². The molecule has 148 valence electrons. The number of ether oxygens (including phenoxy) is 5. The van der Waals surface area contributed by atoms with Crippen LogP contribution >= 0.6 is 0 Å². The van der Waals surface area contributed by atoms with Gasteiger partial charge in [0.2, 0.25) is 0 Å². The highest BCUT2D eigenvalue weighted by Gasteiger charge is 2.13. The number of hydrogen-bond acceptors (Lipinski definition) is 6. The van der Waals surface area contributed by atoms with Crippen molar-refractivity contribution >= 4 is 0 Å². The maximum atomic E-state index is 8.96. The van der Waals surface area contributed by atoms with Crippen LogP contribution in [0.15, 0.2) is 43.2 Å². The van der Waals surface area contributed by atoms with E-state index >= 15 is 0 Å². The lowest BCUT2D eigenvalue weighted by atomic mass is 10.3. The molecule has 6 nitrogen and oxygen atoms in total. The summed E-state index contributed by atoms with van der Waals surface area (Å²) >= 11 is 0. The van der Waals surface area contributed by atoms with Crippen LogP contribution in [0.3, 0.4) is 0 Å². The molecule has 0 aromatic heterocycles. The van der Waals surface area contributed by atoms with Crippen molar-refractivity contribution in [2.24, 2.45) is 0 Å². The highest BCUT2D eigenvalue weighted by molar-refractivity contribution is 5.20. The molecule has 0 aliphatic rings. The van der Waals surface area contributed by atoms with Crippen molar-refractivity contribution in [2.45, 2.75) is 32.0 Å². The third kappa shape index (κ3) is 11.9. The molecule has 1 aromatic carbocycles. The summed E-state index contributed by atoms with van der Waals surface area (Å²) < 4.78 is 27.7. The summed E-state index contributed by atoms with van der Waals surface area (Å²) in [5.41, 5.74) is 0. The van der Waals surface area contributed by atoms with Gasteiger partial charge in [0.25, 0.3) is 0 Å². The van der Waals surface area contributed by atoms with Crippen LogP contribution in [0.4, 0.5) is 0 Å². The maximum absolute atomic E-state index is 8.96. The van der Waals surface area contributed by atoms with E-state index in [9.17, 15) is 0 Å². The third-order valence-corrected chi connectivity index (χ3v) is 3.46. The van der Waals surface area contributed by atoms with Gasteiger partial charge in [-0.15, -0.1) is 0 Å². The van der Waals surface area contributed by atoms with Gasteiger partial charge in [0.05, 0.1) is 45.4 Å². The molecule has 0 spiro atoms. The normalized spacial score (nSPS) is 13.2. The van der Waals surface area contributed by atoms with Gasteiger partial charge in [-0.2, -0.15) is 0 Å². The van der Waals surface area contributed by atoms with Crippen molar-refractivity contribution in [3.05, 3.63) is 43.2 Å².